The first-order valence-electron chi connectivity index (χ1n) is 6.42. The SMILES string of the molecule is CCOC(=O)CN(C(C)C)S(=O)(=O)c1cc(Br)ccc1N. The average molecular weight is 379 g/mol. The molecule has 1 aromatic rings. The maximum atomic E-state index is 12.7. The molecule has 0 aliphatic carbocycles. The maximum Gasteiger partial charge on any atom is 0.321 e. The standard InChI is InChI=1S/C13H19BrN2O4S/c1-4-20-13(17)8-16(9(2)3)21(18,19)12-7-10(14)5-6-11(12)15/h5-7,9H,4,8,15H2,1-3H3. The Hall–Kier alpha value is -1.12. The summed E-state index contributed by atoms with van der Waals surface area (Å²) in [6, 6.07) is 4.17. The number of anilines is 1. The molecule has 0 aliphatic rings. The lowest BCUT2D eigenvalue weighted by Crippen LogP contribution is -2.41. The van der Waals surface area contributed by atoms with Gasteiger partial charge in [-0.15, -0.1) is 0 Å². The van der Waals surface area contributed by atoms with Gasteiger partial charge in [-0.25, -0.2) is 8.42 Å². The largest absolute Gasteiger partial charge is 0.465 e. The van der Waals surface area contributed by atoms with Crippen LogP contribution in [0.1, 0.15) is 20.8 Å². The van der Waals surface area contributed by atoms with Gasteiger partial charge in [-0.2, -0.15) is 4.31 Å². The molecule has 21 heavy (non-hydrogen) atoms. The molecular weight excluding hydrogens is 360 g/mol. The Morgan fingerprint density at radius 3 is 2.57 bits per heavy atom. The first kappa shape index (κ1) is 17.9. The van der Waals surface area contributed by atoms with Crippen LogP contribution in [0.2, 0.25) is 0 Å². The summed E-state index contributed by atoms with van der Waals surface area (Å²) in [7, 11) is -3.89. The number of esters is 1. The molecule has 0 heterocycles. The zero-order valence-corrected chi connectivity index (χ0v) is 14.6. The zero-order chi connectivity index (χ0) is 16.2. The van der Waals surface area contributed by atoms with Crippen molar-refractivity contribution in [3.8, 4) is 0 Å². The molecule has 8 heteroatoms. The third kappa shape index (κ3) is 4.42. The van der Waals surface area contributed by atoms with Crippen LogP contribution < -0.4 is 5.73 Å². The highest BCUT2D eigenvalue weighted by Crippen LogP contribution is 2.27. The molecule has 0 aromatic heterocycles. The lowest BCUT2D eigenvalue weighted by molar-refractivity contribution is -0.143. The summed E-state index contributed by atoms with van der Waals surface area (Å²) >= 11 is 3.22. The van der Waals surface area contributed by atoms with Crippen LogP contribution in [0, 0.1) is 0 Å². The molecule has 0 atom stereocenters. The number of ether oxygens (including phenoxy) is 1. The van der Waals surface area contributed by atoms with Gasteiger partial charge in [-0.3, -0.25) is 4.79 Å². The van der Waals surface area contributed by atoms with Crippen LogP contribution in [0.5, 0.6) is 0 Å². The van der Waals surface area contributed by atoms with Gasteiger partial charge in [0.25, 0.3) is 0 Å². The van der Waals surface area contributed by atoms with E-state index in [9.17, 15) is 13.2 Å². The van der Waals surface area contributed by atoms with Crippen molar-refractivity contribution in [2.45, 2.75) is 31.7 Å². The van der Waals surface area contributed by atoms with Crippen LogP contribution in [0.25, 0.3) is 0 Å². The summed E-state index contributed by atoms with van der Waals surface area (Å²) in [5.74, 6) is -0.594. The fourth-order valence-electron chi connectivity index (χ4n) is 1.74. The minimum absolute atomic E-state index is 0.0325. The number of carbonyl (C=O) groups is 1. The molecule has 0 aliphatic heterocycles. The van der Waals surface area contributed by atoms with Crippen molar-refractivity contribution in [1.82, 2.24) is 4.31 Å². The van der Waals surface area contributed by atoms with E-state index in [0.717, 1.165) is 4.31 Å². The van der Waals surface area contributed by atoms with E-state index in [0.29, 0.717) is 4.47 Å². The Morgan fingerprint density at radius 2 is 2.05 bits per heavy atom. The van der Waals surface area contributed by atoms with Crippen molar-refractivity contribution in [3.63, 3.8) is 0 Å². The summed E-state index contributed by atoms with van der Waals surface area (Å²) in [6.07, 6.45) is 0. The lowest BCUT2D eigenvalue weighted by atomic mass is 10.3. The molecule has 0 fully saturated rings. The van der Waals surface area contributed by atoms with Gasteiger partial charge in [-0.1, -0.05) is 15.9 Å². The summed E-state index contributed by atoms with van der Waals surface area (Å²) in [5.41, 5.74) is 5.89. The van der Waals surface area contributed by atoms with Crippen molar-refractivity contribution in [1.29, 1.82) is 0 Å². The van der Waals surface area contributed by atoms with Crippen LogP contribution in [-0.2, 0) is 19.6 Å². The second kappa shape index (κ2) is 7.24. The number of nitrogens with two attached hydrogens (primary N) is 1. The van der Waals surface area contributed by atoms with Gasteiger partial charge in [0.1, 0.15) is 11.4 Å². The molecule has 118 valence electrons. The van der Waals surface area contributed by atoms with E-state index in [1.54, 1.807) is 26.8 Å². The number of carbonyl (C=O) groups excluding carboxylic acids is 1. The molecule has 0 saturated carbocycles. The summed E-state index contributed by atoms with van der Waals surface area (Å²) in [5, 5.41) is 0. The average Bonchev–Trinajstić information content (AvgIpc) is 2.38. The van der Waals surface area contributed by atoms with E-state index in [1.807, 2.05) is 0 Å². The molecule has 0 amide bonds. The third-order valence-electron chi connectivity index (χ3n) is 2.73. The van der Waals surface area contributed by atoms with Crippen molar-refractivity contribution in [3.05, 3.63) is 22.7 Å². The Kier molecular flexibility index (Phi) is 6.18. The van der Waals surface area contributed by atoms with Crippen LogP contribution >= 0.6 is 15.9 Å². The van der Waals surface area contributed by atoms with Crippen molar-refractivity contribution < 1.29 is 17.9 Å². The van der Waals surface area contributed by atoms with Gasteiger partial charge in [0.05, 0.1) is 12.3 Å². The van der Waals surface area contributed by atoms with Crippen molar-refractivity contribution >= 4 is 37.6 Å². The van der Waals surface area contributed by atoms with Crippen LogP contribution in [0.15, 0.2) is 27.6 Å². The van der Waals surface area contributed by atoms with Crippen LogP contribution in [0.3, 0.4) is 0 Å². The fourth-order valence-corrected chi connectivity index (χ4v) is 3.97. The highest BCUT2D eigenvalue weighted by molar-refractivity contribution is 9.10. The number of rotatable bonds is 6. The number of sulfonamides is 1. The molecule has 0 radical (unpaired) electrons. The van der Waals surface area contributed by atoms with E-state index >= 15 is 0 Å². The molecular formula is C13H19BrN2O4S. The molecule has 1 aromatic carbocycles. The van der Waals surface area contributed by atoms with Crippen LogP contribution in [0.4, 0.5) is 5.69 Å². The molecule has 0 saturated heterocycles. The summed E-state index contributed by atoms with van der Waals surface area (Å²) in [4.78, 5) is 11.6. The van der Waals surface area contributed by atoms with E-state index < -0.39 is 22.0 Å². The second-order valence-corrected chi connectivity index (χ2v) is 7.41. The fraction of sp³-hybridized carbons (Fsp3) is 0.462. The van der Waals surface area contributed by atoms with E-state index in [1.165, 1.54) is 12.1 Å². The summed E-state index contributed by atoms with van der Waals surface area (Å²) < 4.78 is 31.9. The molecule has 0 bridgehead atoms. The Morgan fingerprint density at radius 1 is 1.43 bits per heavy atom. The van der Waals surface area contributed by atoms with E-state index in [-0.39, 0.29) is 23.7 Å². The number of hydrogen-bond acceptors (Lipinski definition) is 5. The van der Waals surface area contributed by atoms with Gasteiger partial charge in [0.2, 0.25) is 10.0 Å². The second-order valence-electron chi connectivity index (χ2n) is 4.63. The number of nitrogens with zero attached hydrogens (tertiary/aromatic N) is 1. The smallest absolute Gasteiger partial charge is 0.321 e. The number of halogens is 1. The predicted molar refractivity (Wildman–Crippen MR) is 84.2 cm³/mol. The normalized spacial score (nSPS) is 11.9. The van der Waals surface area contributed by atoms with Crippen molar-refractivity contribution in [2.75, 3.05) is 18.9 Å². The Labute approximate surface area is 133 Å². The number of nitrogen functional groups attached to an aromatic ring is 1. The van der Waals surface area contributed by atoms with Gasteiger partial charge < -0.3 is 10.5 Å². The van der Waals surface area contributed by atoms with Gasteiger partial charge in [0, 0.05) is 10.5 Å². The third-order valence-corrected chi connectivity index (χ3v) is 5.30. The topological polar surface area (TPSA) is 89.7 Å². The zero-order valence-electron chi connectivity index (χ0n) is 12.2. The number of hydrogen-bond donors (Lipinski definition) is 1. The molecule has 0 unspecified atom stereocenters. The van der Waals surface area contributed by atoms with Crippen LogP contribution in [-0.4, -0.2) is 37.9 Å². The molecule has 6 nitrogen and oxygen atoms in total. The lowest BCUT2D eigenvalue weighted by Gasteiger charge is -2.25. The molecule has 2 N–H and O–H groups in total. The predicted octanol–water partition coefficient (Wildman–Crippen LogP) is 1.99. The first-order chi connectivity index (χ1) is 9.70. The van der Waals surface area contributed by atoms with Crippen molar-refractivity contribution in [2.24, 2.45) is 0 Å². The van der Waals surface area contributed by atoms with E-state index in [4.69, 9.17) is 10.5 Å². The Bertz CT molecular complexity index is 617. The minimum atomic E-state index is -3.89. The molecule has 0 spiro atoms. The maximum absolute atomic E-state index is 12.7. The Balaban J connectivity index is 3.22. The van der Waals surface area contributed by atoms with Gasteiger partial charge in [0.15, 0.2) is 0 Å². The highest BCUT2D eigenvalue weighted by Gasteiger charge is 2.31. The van der Waals surface area contributed by atoms with E-state index in [2.05, 4.69) is 15.9 Å². The number of benzene rings is 1. The van der Waals surface area contributed by atoms with Gasteiger partial charge >= 0.3 is 5.97 Å². The first-order valence-corrected chi connectivity index (χ1v) is 8.66. The highest BCUT2D eigenvalue weighted by atomic mass is 79.9. The quantitative estimate of drug-likeness (QED) is 0.603. The summed E-state index contributed by atoms with van der Waals surface area (Å²) in [6.45, 7) is 4.89. The molecule has 1 rings (SSSR count). The van der Waals surface area contributed by atoms with Gasteiger partial charge in [-0.05, 0) is 39.0 Å². The monoisotopic (exact) mass is 378 g/mol. The minimum Gasteiger partial charge on any atom is -0.465 e.